The fourth-order valence-corrected chi connectivity index (χ4v) is 1.39. The molecule has 2 N–H and O–H groups in total. The van der Waals surface area contributed by atoms with Crippen LogP contribution in [0.1, 0.15) is 19.8 Å². The van der Waals surface area contributed by atoms with Crippen molar-refractivity contribution >= 4 is 10.2 Å². The molecule has 0 aromatic heterocycles. The van der Waals surface area contributed by atoms with Crippen LogP contribution in [0.2, 0.25) is 0 Å². The summed E-state index contributed by atoms with van der Waals surface area (Å²) in [5.41, 5.74) is 5.39. The topological polar surface area (TPSA) is 44.5 Å². The highest BCUT2D eigenvalue weighted by Crippen LogP contribution is 2.14. The first-order valence-corrected chi connectivity index (χ1v) is 4.94. The molecular formula is C7H19NO2Si. The van der Waals surface area contributed by atoms with Gasteiger partial charge in [0.1, 0.15) is 5.41 Å². The van der Waals surface area contributed by atoms with Gasteiger partial charge in [0.2, 0.25) is 0 Å². The largest absolute Gasteiger partial charge is 0.358 e. The maximum absolute atomic E-state index is 5.77. The van der Waals surface area contributed by atoms with Crippen LogP contribution >= 0.6 is 0 Å². The molecule has 0 aromatic rings. The molecule has 0 spiro atoms. The molecule has 0 bridgehead atoms. The molecule has 0 aromatic carbocycles. The summed E-state index contributed by atoms with van der Waals surface area (Å²) in [5.74, 6) is 0. The van der Waals surface area contributed by atoms with Gasteiger partial charge in [0.25, 0.3) is 0 Å². The summed E-state index contributed by atoms with van der Waals surface area (Å²) >= 11 is 0. The fraction of sp³-hybridized carbons (Fsp3) is 1.00. The molecule has 1 unspecified atom stereocenters. The Kier molecular flexibility index (Phi) is 4.91. The van der Waals surface area contributed by atoms with E-state index < -0.39 is 0 Å². The minimum Gasteiger partial charge on any atom is -0.358 e. The Morgan fingerprint density at radius 2 is 1.91 bits per heavy atom. The third-order valence-electron chi connectivity index (χ3n) is 2.02. The van der Waals surface area contributed by atoms with E-state index in [0.717, 1.165) is 23.1 Å². The minimum atomic E-state index is -0.380. The predicted molar refractivity (Wildman–Crippen MR) is 49.6 cm³/mol. The number of hydrogen-bond acceptors (Lipinski definition) is 3. The molecule has 0 aliphatic carbocycles. The molecular weight excluding hydrogens is 158 g/mol. The van der Waals surface area contributed by atoms with Crippen LogP contribution in [0.25, 0.3) is 0 Å². The summed E-state index contributed by atoms with van der Waals surface area (Å²) in [7, 11) is 4.18. The van der Waals surface area contributed by atoms with Crippen molar-refractivity contribution in [1.82, 2.24) is 0 Å². The van der Waals surface area contributed by atoms with Crippen molar-refractivity contribution in [1.29, 1.82) is 0 Å². The van der Waals surface area contributed by atoms with Crippen molar-refractivity contribution in [2.24, 2.45) is 5.73 Å². The van der Waals surface area contributed by atoms with E-state index in [2.05, 4.69) is 6.92 Å². The molecule has 4 heteroatoms. The van der Waals surface area contributed by atoms with E-state index in [-0.39, 0.29) is 11.5 Å². The van der Waals surface area contributed by atoms with Gasteiger partial charge in [0.05, 0.1) is 10.2 Å². The van der Waals surface area contributed by atoms with Crippen molar-refractivity contribution in [3.8, 4) is 0 Å². The van der Waals surface area contributed by atoms with Gasteiger partial charge >= 0.3 is 0 Å². The average Bonchev–Trinajstić information content (AvgIpc) is 2.04. The van der Waals surface area contributed by atoms with Gasteiger partial charge in [0, 0.05) is 26.7 Å². The van der Waals surface area contributed by atoms with Crippen LogP contribution in [0.5, 0.6) is 0 Å². The highest BCUT2D eigenvalue weighted by atomic mass is 28.1. The van der Waals surface area contributed by atoms with Gasteiger partial charge in [0.15, 0.2) is 0 Å². The molecule has 0 amide bonds. The van der Waals surface area contributed by atoms with Crippen LogP contribution in [0.4, 0.5) is 0 Å². The van der Waals surface area contributed by atoms with E-state index in [1.165, 1.54) is 0 Å². The van der Waals surface area contributed by atoms with Gasteiger partial charge in [-0.1, -0.05) is 6.92 Å². The molecule has 0 saturated carbocycles. The molecule has 0 heterocycles. The Hall–Kier alpha value is 0.0969. The van der Waals surface area contributed by atoms with Gasteiger partial charge in [-0.25, -0.2) is 0 Å². The van der Waals surface area contributed by atoms with Crippen LogP contribution in [-0.2, 0) is 9.47 Å². The fourth-order valence-electron chi connectivity index (χ4n) is 0.871. The van der Waals surface area contributed by atoms with Gasteiger partial charge in [-0.15, -0.1) is 0 Å². The lowest BCUT2D eigenvalue weighted by Crippen LogP contribution is -2.40. The maximum atomic E-state index is 5.77. The molecule has 0 saturated heterocycles. The molecule has 3 nitrogen and oxygen atoms in total. The van der Waals surface area contributed by atoms with Crippen molar-refractivity contribution < 1.29 is 9.47 Å². The Morgan fingerprint density at radius 1 is 1.45 bits per heavy atom. The van der Waals surface area contributed by atoms with Crippen molar-refractivity contribution in [3.05, 3.63) is 0 Å². The van der Waals surface area contributed by atoms with Crippen molar-refractivity contribution in [3.63, 3.8) is 0 Å². The monoisotopic (exact) mass is 177 g/mol. The SMILES string of the molecule is CCC(N)CC([SiH3])(OC)OC. The highest BCUT2D eigenvalue weighted by molar-refractivity contribution is 6.13. The minimum absolute atomic E-state index is 0.187. The number of rotatable bonds is 5. The Bertz CT molecular complexity index is 107. The summed E-state index contributed by atoms with van der Waals surface area (Å²) in [4.78, 5) is 0. The molecule has 1 atom stereocenters. The molecule has 0 radical (unpaired) electrons. The summed E-state index contributed by atoms with van der Waals surface area (Å²) in [6, 6.07) is 0.187. The Labute approximate surface area is 71.7 Å². The summed E-state index contributed by atoms with van der Waals surface area (Å²) < 4.78 is 10.4. The van der Waals surface area contributed by atoms with Crippen LogP contribution < -0.4 is 5.73 Å². The van der Waals surface area contributed by atoms with E-state index in [1.807, 2.05) is 0 Å². The smallest absolute Gasteiger partial charge is 0.142 e. The van der Waals surface area contributed by atoms with Crippen LogP contribution in [0.3, 0.4) is 0 Å². The quantitative estimate of drug-likeness (QED) is 0.452. The standard InChI is InChI=1S/C7H19NO2Si/c1-4-6(8)5-7(11,9-2)10-3/h6H,4-5,8H2,1-3,11H3. The van der Waals surface area contributed by atoms with Crippen LogP contribution in [0.15, 0.2) is 0 Å². The van der Waals surface area contributed by atoms with E-state index >= 15 is 0 Å². The van der Waals surface area contributed by atoms with E-state index in [0.29, 0.717) is 0 Å². The lowest BCUT2D eigenvalue weighted by atomic mass is 10.1. The van der Waals surface area contributed by atoms with E-state index in [4.69, 9.17) is 15.2 Å². The summed E-state index contributed by atoms with van der Waals surface area (Å²) in [6.45, 7) is 2.07. The predicted octanol–water partition coefficient (Wildman–Crippen LogP) is -0.574. The number of ether oxygens (including phenoxy) is 2. The van der Waals surface area contributed by atoms with Crippen molar-refractivity contribution in [2.45, 2.75) is 31.2 Å². The average molecular weight is 177 g/mol. The molecule has 68 valence electrons. The summed E-state index contributed by atoms with van der Waals surface area (Å²) in [5, 5.41) is 0. The molecule has 0 fully saturated rings. The van der Waals surface area contributed by atoms with E-state index in [1.54, 1.807) is 14.2 Å². The first-order valence-electron chi connectivity index (χ1n) is 3.94. The first-order chi connectivity index (χ1) is 5.08. The maximum Gasteiger partial charge on any atom is 0.142 e. The van der Waals surface area contributed by atoms with Crippen LogP contribution in [0, 0.1) is 0 Å². The number of methoxy groups -OCH3 is 2. The number of nitrogens with two attached hydrogens (primary N) is 1. The first kappa shape index (κ1) is 11.1. The van der Waals surface area contributed by atoms with Gasteiger partial charge in [-0.3, -0.25) is 0 Å². The van der Waals surface area contributed by atoms with Crippen molar-refractivity contribution in [2.75, 3.05) is 14.2 Å². The number of hydrogen-bond donors (Lipinski definition) is 1. The van der Waals surface area contributed by atoms with Crippen LogP contribution in [-0.4, -0.2) is 35.9 Å². The highest BCUT2D eigenvalue weighted by Gasteiger charge is 2.24. The lowest BCUT2D eigenvalue weighted by Gasteiger charge is -2.29. The molecule has 0 rings (SSSR count). The van der Waals surface area contributed by atoms with Gasteiger partial charge in [-0.05, 0) is 6.42 Å². The lowest BCUT2D eigenvalue weighted by molar-refractivity contribution is -0.148. The zero-order valence-electron chi connectivity index (χ0n) is 7.89. The summed E-state index contributed by atoms with van der Waals surface area (Å²) in [6.07, 6.45) is 1.76. The zero-order valence-corrected chi connectivity index (χ0v) is 9.89. The second kappa shape index (κ2) is 4.87. The molecule has 0 aliphatic rings. The normalized spacial score (nSPS) is 15.3. The zero-order chi connectivity index (χ0) is 8.91. The third-order valence-corrected chi connectivity index (χ3v) is 3.25. The molecule has 11 heavy (non-hydrogen) atoms. The second-order valence-electron chi connectivity index (χ2n) is 2.91. The van der Waals surface area contributed by atoms with E-state index in [9.17, 15) is 0 Å². The second-order valence-corrected chi connectivity index (χ2v) is 4.44. The Morgan fingerprint density at radius 3 is 2.18 bits per heavy atom. The van der Waals surface area contributed by atoms with Gasteiger partial charge in [-0.2, -0.15) is 0 Å². The van der Waals surface area contributed by atoms with Gasteiger partial charge < -0.3 is 15.2 Å². The molecule has 0 aliphatic heterocycles. The third kappa shape index (κ3) is 3.86. The Balaban J connectivity index is 3.86.